The Labute approximate surface area is 406 Å². The second kappa shape index (κ2) is 55.6. The van der Waals surface area contributed by atoms with E-state index in [1.807, 2.05) is 99.8 Å². The van der Waals surface area contributed by atoms with Crippen molar-refractivity contribution in [2.45, 2.75) is 96.9 Å². The zero-order valence-electron chi connectivity index (χ0n) is 38.0. The predicted molar refractivity (Wildman–Crippen MR) is 229 cm³/mol. The third kappa shape index (κ3) is 53.5. The van der Waals surface area contributed by atoms with Gasteiger partial charge in [0.15, 0.2) is 5.82 Å². The molecule has 0 fully saturated rings. The minimum atomic E-state index is -0.218. The first kappa shape index (κ1) is 86.3. The zero-order chi connectivity index (χ0) is 39.1. The SMILES string of the molecule is C/C=C\C(C)=NC.C=C/C=C(\N=C)n1nc([C-](C)C)nc1C.CC(=O)NN.CCOC(=N)[C-](C)C.C[C-](C)C#N.Cc1n[nH]c([C-](C)C)n1.[CH3-].[CH3-].[CH3-].[CH3-].[W+2].[W+2].[W+2].[W+2]. The summed E-state index contributed by atoms with van der Waals surface area (Å²) < 4.78 is 6.50. The molecule has 14 nitrogen and oxygen atoms in total. The quantitative estimate of drug-likeness (QED) is 0.0382. The van der Waals surface area contributed by atoms with E-state index in [1.54, 1.807) is 37.7 Å². The first-order chi connectivity index (χ1) is 22.8. The van der Waals surface area contributed by atoms with E-state index in [0.717, 1.165) is 52.7 Å². The fourth-order valence-corrected chi connectivity index (χ4v) is 2.29. The number of aromatic amines is 1. The number of hydrogen-bond donors (Lipinski definition) is 4. The summed E-state index contributed by atoms with van der Waals surface area (Å²) in [5.41, 5.74) is 2.96. The van der Waals surface area contributed by atoms with Crippen molar-refractivity contribution < 1.29 is 93.8 Å². The van der Waals surface area contributed by atoms with Gasteiger partial charge in [0.05, 0.1) is 6.61 Å². The summed E-state index contributed by atoms with van der Waals surface area (Å²) in [7, 11) is 1.79. The molecule has 0 spiro atoms. The smallest absolute Gasteiger partial charge is 0.511 e. The van der Waals surface area contributed by atoms with Gasteiger partial charge in [0.2, 0.25) is 5.91 Å². The van der Waals surface area contributed by atoms with Crippen LogP contribution in [-0.4, -0.2) is 67.8 Å². The Morgan fingerprint density at radius 2 is 1.47 bits per heavy atom. The van der Waals surface area contributed by atoms with Gasteiger partial charge in [-0.3, -0.25) is 32.1 Å². The number of amides is 1. The summed E-state index contributed by atoms with van der Waals surface area (Å²) in [5, 5.41) is 25.9. The maximum absolute atomic E-state index is 9.58. The number of allylic oxidation sites excluding steroid dienone is 4. The molecule has 0 aliphatic heterocycles. The van der Waals surface area contributed by atoms with Crippen LogP contribution in [0.15, 0.2) is 40.9 Å². The molecule has 0 aliphatic carbocycles. The van der Waals surface area contributed by atoms with Gasteiger partial charge in [-0.1, -0.05) is 18.7 Å². The molecule has 18 heteroatoms. The average molecular weight is 1480 g/mol. The fraction of sp³-hybridized carbons (Fsp3) is 0.410. The number of carbonyl (C=O) groups excluding carboxylic acids is 1. The van der Waals surface area contributed by atoms with Gasteiger partial charge in [-0.25, -0.2) is 30.7 Å². The summed E-state index contributed by atoms with van der Waals surface area (Å²) in [4.78, 5) is 25.8. The van der Waals surface area contributed by atoms with Crippen LogP contribution in [-0.2, 0) is 93.8 Å². The van der Waals surface area contributed by atoms with Gasteiger partial charge in [0.1, 0.15) is 11.6 Å². The summed E-state index contributed by atoms with van der Waals surface area (Å²) >= 11 is 0. The number of aliphatic imine (C=N–C) groups is 2. The molecule has 5 N–H and O–H groups in total. The van der Waals surface area contributed by atoms with Crippen molar-refractivity contribution in [1.29, 1.82) is 10.7 Å². The van der Waals surface area contributed by atoms with E-state index in [4.69, 9.17) is 15.4 Å². The molecular weight excluding hydrogens is 1400 g/mol. The maximum atomic E-state index is 9.58. The number of rotatable bonds is 8. The van der Waals surface area contributed by atoms with Crippen LogP contribution in [0.1, 0.15) is 106 Å². The third-order valence-electron chi connectivity index (χ3n) is 4.86. The van der Waals surface area contributed by atoms with Crippen molar-refractivity contribution in [2.75, 3.05) is 13.7 Å². The first-order valence-electron chi connectivity index (χ1n) is 15.3. The van der Waals surface area contributed by atoms with Crippen LogP contribution in [0.25, 0.3) is 5.82 Å². The maximum Gasteiger partial charge on any atom is 2.00 e. The van der Waals surface area contributed by atoms with E-state index in [-0.39, 0.29) is 120 Å². The number of nitrogens with zero attached hydrogens (tertiary/aromatic N) is 8. The number of aromatic nitrogens is 6. The molecule has 2 aromatic rings. The van der Waals surface area contributed by atoms with Gasteiger partial charge in [-0.2, -0.15) is 65.6 Å². The Morgan fingerprint density at radius 1 is 1.02 bits per heavy atom. The molecule has 2 rings (SSSR count). The molecule has 2 heterocycles. The molecule has 2 aromatic heterocycles. The second-order valence-corrected chi connectivity index (χ2v) is 10.5. The van der Waals surface area contributed by atoms with Gasteiger partial charge >= 0.3 is 84.3 Å². The Bertz CT molecular complexity index is 1350. The predicted octanol–water partition coefficient (Wildman–Crippen LogP) is 8.49. The van der Waals surface area contributed by atoms with Crippen molar-refractivity contribution in [3.63, 3.8) is 0 Å². The zero-order valence-corrected chi connectivity index (χ0v) is 49.8. The van der Waals surface area contributed by atoms with Crippen molar-refractivity contribution in [3.05, 3.63) is 108 Å². The minimum absolute atomic E-state index is 0. The van der Waals surface area contributed by atoms with Gasteiger partial charge in [-0.15, -0.1) is 6.07 Å². The minimum Gasteiger partial charge on any atom is -0.511 e. The standard InChI is InChI=1S/C11H15N4.C6H10N3.C6H12NO.C6H11N.C4H6N.C2H6N2O.4CH3.4W/c1-6-7-10(12-5)15-9(4)13-11(14-15)8(2)3;1-4(2)6-7-5(3)8-9-6;1-4-8-6(7)5(2)3;1-4-5-6(2)7-3;1-4(2)3-5;1-2(5)4-3;;;;;;;;/h6-7H,1,5H2,2-4H3;1-3H3,(H,7,8,9);7H,4H2,1-3H3;4-5H,1-3H3;1-2H3;3H2,1H3,(H,4,5);4*1H3;;;;/q3*-1;;-1;;4*-1;4*+2/b10-7+;;;5-4-,7-6?;;;;;;;;;;. The van der Waals surface area contributed by atoms with E-state index in [9.17, 15) is 4.79 Å². The summed E-state index contributed by atoms with van der Waals surface area (Å²) in [6.07, 6.45) is 7.33. The number of aryl methyl sites for hydroxylation is 2. The summed E-state index contributed by atoms with van der Waals surface area (Å²) in [5.74, 6) is 12.4. The third-order valence-corrected chi connectivity index (χ3v) is 4.86. The molecule has 0 bridgehead atoms. The number of hydrogen-bond acceptors (Lipinski definition) is 11. The van der Waals surface area contributed by atoms with Crippen LogP contribution in [0.2, 0.25) is 0 Å². The van der Waals surface area contributed by atoms with Crippen LogP contribution in [0.3, 0.4) is 0 Å². The van der Waals surface area contributed by atoms with Gasteiger partial charge < -0.3 is 51.7 Å². The Kier molecular flexibility index (Phi) is 84.2. The summed E-state index contributed by atoms with van der Waals surface area (Å²) in [6, 6.07) is 1.94. The van der Waals surface area contributed by atoms with Crippen LogP contribution in [0.5, 0.6) is 0 Å². The fourth-order valence-electron chi connectivity index (χ4n) is 2.29. The van der Waals surface area contributed by atoms with E-state index in [1.165, 1.54) is 6.92 Å². The van der Waals surface area contributed by atoms with Gasteiger partial charge in [0, 0.05) is 31.4 Å². The Hall–Kier alpha value is -2.54. The number of hydrazine groups is 1. The molecule has 0 unspecified atom stereocenters. The molecule has 0 aliphatic rings. The van der Waals surface area contributed by atoms with Crippen LogP contribution >= 0.6 is 0 Å². The second-order valence-electron chi connectivity index (χ2n) is 10.5. The molecule has 0 radical (unpaired) electrons. The number of nitriles is 1. The molecule has 324 valence electrons. The number of ether oxygens (including phenoxy) is 1. The van der Waals surface area contributed by atoms with Gasteiger partial charge in [0.25, 0.3) is 0 Å². The van der Waals surface area contributed by atoms with Crippen molar-refractivity contribution in [1.82, 2.24) is 35.4 Å². The van der Waals surface area contributed by atoms with E-state index < -0.39 is 0 Å². The normalized spacial score (nSPS) is 8.40. The number of nitrogens with two attached hydrogens (primary N) is 1. The number of nitrogens with one attached hydrogen (secondary N) is 3. The first-order valence-corrected chi connectivity index (χ1v) is 15.3. The molecule has 0 atom stereocenters. The van der Waals surface area contributed by atoms with E-state index in [0.29, 0.717) is 18.3 Å². The molecule has 57 heavy (non-hydrogen) atoms. The largest absolute Gasteiger partial charge is 2.00 e. The Balaban J connectivity index is -0.0000000433. The van der Waals surface area contributed by atoms with Crippen LogP contribution in [0, 0.1) is 84.0 Å². The topological polar surface area (TPSA) is 209 Å². The van der Waals surface area contributed by atoms with Crippen LogP contribution < -0.4 is 11.3 Å². The van der Waals surface area contributed by atoms with Crippen molar-refractivity contribution in [3.8, 4) is 6.07 Å². The van der Waals surface area contributed by atoms with Crippen molar-refractivity contribution in [2.24, 2.45) is 15.8 Å². The number of H-pyrrole nitrogens is 1. The molecule has 0 aromatic carbocycles. The van der Waals surface area contributed by atoms with Crippen LogP contribution in [0.4, 0.5) is 0 Å². The van der Waals surface area contributed by atoms with Gasteiger partial charge in [-0.05, 0) is 59.3 Å². The molecule has 0 saturated heterocycles. The van der Waals surface area contributed by atoms with E-state index >= 15 is 0 Å². The average Bonchev–Trinajstić information content (AvgIpc) is 3.67. The molecule has 1 amide bonds. The van der Waals surface area contributed by atoms with Crippen molar-refractivity contribution >= 4 is 30.1 Å². The molecule has 0 saturated carbocycles. The number of carbonyl (C=O) groups is 1. The summed E-state index contributed by atoms with van der Waals surface area (Å²) in [6.45, 7) is 33.8. The Morgan fingerprint density at radius 3 is 1.65 bits per heavy atom. The molecular formula is C39H72N12O2W4. The van der Waals surface area contributed by atoms with E-state index in [2.05, 4.69) is 54.4 Å². The monoisotopic (exact) mass is 1480 g/mol.